The summed E-state index contributed by atoms with van der Waals surface area (Å²) in [6.07, 6.45) is 2.72. The van der Waals surface area contributed by atoms with Crippen molar-refractivity contribution in [2.75, 3.05) is 13.1 Å². The maximum Gasteiger partial charge on any atom is 0.308 e. The van der Waals surface area contributed by atoms with Crippen molar-refractivity contribution in [1.29, 1.82) is 0 Å². The molecule has 0 aliphatic carbocycles. The van der Waals surface area contributed by atoms with Crippen molar-refractivity contribution < 1.29 is 14.7 Å². The van der Waals surface area contributed by atoms with Crippen LogP contribution in [0, 0.1) is 5.92 Å². The van der Waals surface area contributed by atoms with Gasteiger partial charge in [0.2, 0.25) is 5.91 Å². The van der Waals surface area contributed by atoms with E-state index in [2.05, 4.69) is 4.98 Å². The number of hydrogen-bond acceptors (Lipinski definition) is 2. The quantitative estimate of drug-likeness (QED) is 0.892. The van der Waals surface area contributed by atoms with Crippen LogP contribution in [-0.4, -0.2) is 40.0 Å². The van der Waals surface area contributed by atoms with Gasteiger partial charge in [-0.2, -0.15) is 0 Å². The van der Waals surface area contributed by atoms with E-state index in [4.69, 9.17) is 5.11 Å². The summed E-state index contributed by atoms with van der Waals surface area (Å²) in [4.78, 5) is 28.0. The molecule has 3 rings (SSSR count). The number of rotatable bonds is 3. The second-order valence-corrected chi connectivity index (χ2v) is 5.20. The Morgan fingerprint density at radius 3 is 2.90 bits per heavy atom. The molecule has 1 unspecified atom stereocenters. The normalized spacial score (nSPS) is 18.6. The van der Waals surface area contributed by atoms with Crippen molar-refractivity contribution in [3.8, 4) is 0 Å². The third kappa shape index (κ3) is 2.27. The van der Waals surface area contributed by atoms with E-state index in [0.29, 0.717) is 25.9 Å². The molecule has 104 valence electrons. The summed E-state index contributed by atoms with van der Waals surface area (Å²) >= 11 is 0. The number of hydrogen-bond donors (Lipinski definition) is 2. The molecule has 20 heavy (non-hydrogen) atoms. The van der Waals surface area contributed by atoms with E-state index in [9.17, 15) is 9.59 Å². The molecule has 1 saturated heterocycles. The van der Waals surface area contributed by atoms with Crippen LogP contribution >= 0.6 is 0 Å². The van der Waals surface area contributed by atoms with Gasteiger partial charge in [0.05, 0.1) is 12.3 Å². The number of fused-ring (bicyclic) bond motifs is 1. The largest absolute Gasteiger partial charge is 0.481 e. The van der Waals surface area contributed by atoms with Crippen molar-refractivity contribution in [3.05, 3.63) is 36.0 Å². The van der Waals surface area contributed by atoms with Gasteiger partial charge < -0.3 is 15.0 Å². The summed E-state index contributed by atoms with van der Waals surface area (Å²) in [5.74, 6) is -1.23. The number of benzene rings is 1. The molecule has 1 aromatic carbocycles. The molecule has 0 saturated carbocycles. The van der Waals surface area contributed by atoms with E-state index in [1.54, 1.807) is 4.90 Å². The SMILES string of the molecule is O=C(O)C1CCN(C(=O)Cc2c[nH]c3ccccc23)C1. The Hall–Kier alpha value is -2.30. The van der Waals surface area contributed by atoms with Gasteiger partial charge in [0, 0.05) is 30.2 Å². The lowest BCUT2D eigenvalue weighted by Gasteiger charge is -2.15. The average Bonchev–Trinajstić information content (AvgIpc) is 3.06. The van der Waals surface area contributed by atoms with Crippen molar-refractivity contribution in [3.63, 3.8) is 0 Å². The lowest BCUT2D eigenvalue weighted by atomic mass is 10.1. The standard InChI is InChI=1S/C15H16N2O3/c18-14(17-6-5-10(9-17)15(19)20)7-11-8-16-13-4-2-1-3-12(11)13/h1-4,8,10,16H,5-7,9H2,(H,19,20). The zero-order valence-corrected chi connectivity index (χ0v) is 11.0. The van der Waals surface area contributed by atoms with Gasteiger partial charge in [-0.25, -0.2) is 0 Å². The molecule has 1 fully saturated rings. The van der Waals surface area contributed by atoms with Gasteiger partial charge in [0.25, 0.3) is 0 Å². The number of nitrogens with one attached hydrogen (secondary N) is 1. The minimum absolute atomic E-state index is 0.00139. The first-order valence-electron chi connectivity index (χ1n) is 6.70. The Kier molecular flexibility index (Phi) is 3.18. The van der Waals surface area contributed by atoms with E-state index in [0.717, 1.165) is 16.5 Å². The summed E-state index contributed by atoms with van der Waals surface area (Å²) in [5, 5.41) is 10.0. The number of para-hydroxylation sites is 1. The predicted octanol–water partition coefficient (Wildman–Crippen LogP) is 1.64. The lowest BCUT2D eigenvalue weighted by molar-refractivity contribution is -0.141. The minimum Gasteiger partial charge on any atom is -0.481 e. The number of nitrogens with zero attached hydrogens (tertiary/aromatic N) is 1. The summed E-state index contributed by atoms with van der Waals surface area (Å²) in [5.41, 5.74) is 1.98. The first kappa shape index (κ1) is 12.7. The van der Waals surface area contributed by atoms with Gasteiger partial charge in [0.1, 0.15) is 0 Å². The second-order valence-electron chi connectivity index (χ2n) is 5.20. The van der Waals surface area contributed by atoms with Gasteiger partial charge in [-0.1, -0.05) is 18.2 Å². The van der Waals surface area contributed by atoms with E-state index < -0.39 is 11.9 Å². The van der Waals surface area contributed by atoms with Crippen molar-refractivity contribution in [2.45, 2.75) is 12.8 Å². The number of carboxylic acids is 1. The number of likely N-dealkylation sites (tertiary alicyclic amines) is 1. The first-order valence-corrected chi connectivity index (χ1v) is 6.70. The predicted molar refractivity (Wildman–Crippen MR) is 74.3 cm³/mol. The van der Waals surface area contributed by atoms with Crippen LogP contribution in [0.15, 0.2) is 30.5 Å². The van der Waals surface area contributed by atoms with Crippen molar-refractivity contribution in [1.82, 2.24) is 9.88 Å². The molecule has 5 heteroatoms. The molecule has 2 N–H and O–H groups in total. The molecule has 1 amide bonds. The number of amides is 1. The molecular formula is C15H16N2O3. The Bertz CT molecular complexity index is 662. The fourth-order valence-electron chi connectivity index (χ4n) is 2.74. The number of carboxylic acid groups (broad SMARTS) is 1. The molecule has 0 radical (unpaired) electrons. The Morgan fingerprint density at radius 2 is 2.15 bits per heavy atom. The highest BCUT2D eigenvalue weighted by Gasteiger charge is 2.30. The van der Waals surface area contributed by atoms with E-state index in [-0.39, 0.29) is 5.91 Å². The summed E-state index contributed by atoms with van der Waals surface area (Å²) in [6.45, 7) is 0.870. The second kappa shape index (κ2) is 5.00. The molecule has 2 aromatic rings. The van der Waals surface area contributed by atoms with Gasteiger partial charge in [-0.05, 0) is 18.1 Å². The van der Waals surface area contributed by atoms with Crippen LogP contribution < -0.4 is 0 Å². The molecule has 5 nitrogen and oxygen atoms in total. The van der Waals surface area contributed by atoms with Gasteiger partial charge in [-0.15, -0.1) is 0 Å². The smallest absolute Gasteiger partial charge is 0.308 e. The maximum atomic E-state index is 12.2. The Labute approximate surface area is 116 Å². The summed E-state index contributed by atoms with van der Waals surface area (Å²) in [6, 6.07) is 7.85. The van der Waals surface area contributed by atoms with Crippen LogP contribution in [0.2, 0.25) is 0 Å². The monoisotopic (exact) mass is 272 g/mol. The molecule has 1 atom stereocenters. The molecular weight excluding hydrogens is 256 g/mol. The molecule has 1 aliphatic heterocycles. The van der Waals surface area contributed by atoms with Gasteiger partial charge >= 0.3 is 5.97 Å². The third-order valence-corrected chi connectivity index (χ3v) is 3.91. The number of aromatic amines is 1. The van der Waals surface area contributed by atoms with Crippen LogP contribution in [0.5, 0.6) is 0 Å². The number of carbonyl (C=O) groups excluding carboxylic acids is 1. The highest BCUT2D eigenvalue weighted by molar-refractivity contribution is 5.89. The topological polar surface area (TPSA) is 73.4 Å². The van der Waals surface area contributed by atoms with Crippen LogP contribution in [0.3, 0.4) is 0 Å². The molecule has 2 heterocycles. The van der Waals surface area contributed by atoms with E-state index in [1.807, 2.05) is 30.5 Å². The van der Waals surface area contributed by atoms with Crippen LogP contribution in [0.4, 0.5) is 0 Å². The molecule has 0 spiro atoms. The summed E-state index contributed by atoms with van der Waals surface area (Å²) in [7, 11) is 0. The average molecular weight is 272 g/mol. The zero-order valence-electron chi connectivity index (χ0n) is 11.0. The molecule has 0 bridgehead atoms. The third-order valence-electron chi connectivity index (χ3n) is 3.91. The maximum absolute atomic E-state index is 12.2. The van der Waals surface area contributed by atoms with Gasteiger partial charge in [-0.3, -0.25) is 9.59 Å². The van der Waals surface area contributed by atoms with Crippen LogP contribution in [0.1, 0.15) is 12.0 Å². The molecule has 1 aliphatic rings. The Balaban J connectivity index is 1.72. The number of aliphatic carboxylic acids is 1. The number of aromatic nitrogens is 1. The highest BCUT2D eigenvalue weighted by Crippen LogP contribution is 2.21. The number of carbonyl (C=O) groups is 2. The zero-order chi connectivity index (χ0) is 14.1. The number of H-pyrrole nitrogens is 1. The summed E-state index contributed by atoms with van der Waals surface area (Å²) < 4.78 is 0. The van der Waals surface area contributed by atoms with Crippen LogP contribution in [-0.2, 0) is 16.0 Å². The van der Waals surface area contributed by atoms with E-state index in [1.165, 1.54) is 0 Å². The van der Waals surface area contributed by atoms with Gasteiger partial charge in [0.15, 0.2) is 0 Å². The van der Waals surface area contributed by atoms with Crippen molar-refractivity contribution in [2.24, 2.45) is 5.92 Å². The highest BCUT2D eigenvalue weighted by atomic mass is 16.4. The first-order chi connectivity index (χ1) is 9.65. The fraction of sp³-hybridized carbons (Fsp3) is 0.333. The lowest BCUT2D eigenvalue weighted by Crippen LogP contribution is -2.31. The Morgan fingerprint density at radius 1 is 1.35 bits per heavy atom. The van der Waals surface area contributed by atoms with Crippen molar-refractivity contribution >= 4 is 22.8 Å². The van der Waals surface area contributed by atoms with Crippen LogP contribution in [0.25, 0.3) is 10.9 Å². The minimum atomic E-state index is -0.813. The van der Waals surface area contributed by atoms with E-state index >= 15 is 0 Å². The molecule has 1 aromatic heterocycles. The fourth-order valence-corrected chi connectivity index (χ4v) is 2.74.